The van der Waals surface area contributed by atoms with E-state index in [1.54, 1.807) is 0 Å². The van der Waals surface area contributed by atoms with Crippen LogP contribution < -0.4 is 14.8 Å². The number of benzene rings is 3. The Bertz CT molecular complexity index is 1250. The van der Waals surface area contributed by atoms with Crippen molar-refractivity contribution in [2.24, 2.45) is 0 Å². The summed E-state index contributed by atoms with van der Waals surface area (Å²) in [5.41, 5.74) is 1.54. The van der Waals surface area contributed by atoms with Gasteiger partial charge in [0.05, 0.1) is 12.0 Å². The molecular formula is C28H30BrN3O6. The molecule has 9 nitrogen and oxygen atoms in total. The second-order valence-corrected chi connectivity index (χ2v) is 9.81. The average molecular weight is 584 g/mol. The number of amides is 2. The predicted molar refractivity (Wildman–Crippen MR) is 147 cm³/mol. The third kappa shape index (κ3) is 8.04. The maximum atomic E-state index is 13.6. The van der Waals surface area contributed by atoms with Gasteiger partial charge in [-0.1, -0.05) is 58.4 Å². The first kappa shape index (κ1) is 28.6. The van der Waals surface area contributed by atoms with Gasteiger partial charge in [-0.3, -0.25) is 19.7 Å². The minimum atomic E-state index is -0.800. The predicted octanol–water partition coefficient (Wildman–Crippen LogP) is 4.91. The highest BCUT2D eigenvalue weighted by molar-refractivity contribution is 9.10. The van der Waals surface area contributed by atoms with Crippen molar-refractivity contribution >= 4 is 33.4 Å². The molecule has 0 saturated heterocycles. The van der Waals surface area contributed by atoms with Crippen LogP contribution in [0.25, 0.3) is 0 Å². The molecule has 0 bridgehead atoms. The van der Waals surface area contributed by atoms with Crippen molar-refractivity contribution in [2.45, 2.75) is 38.9 Å². The molecule has 1 atom stereocenters. The molecule has 2 amide bonds. The van der Waals surface area contributed by atoms with Gasteiger partial charge in [0.2, 0.25) is 11.7 Å². The molecule has 0 aliphatic carbocycles. The third-order valence-corrected chi connectivity index (χ3v) is 6.21. The SMILES string of the molecule is COc1cc(OCC(=O)N(Cc2ccc(Br)cc2)[C@@H](Cc2ccccc2)C(=O)NC(C)C)ccc1[N+](=O)[O-]. The van der Waals surface area contributed by atoms with Crippen LogP contribution in [0.2, 0.25) is 0 Å². The molecular weight excluding hydrogens is 554 g/mol. The molecule has 0 aliphatic heterocycles. The lowest BCUT2D eigenvalue weighted by Gasteiger charge is -2.32. The van der Waals surface area contributed by atoms with E-state index in [1.807, 2.05) is 68.4 Å². The van der Waals surface area contributed by atoms with Gasteiger partial charge in [0.15, 0.2) is 6.61 Å². The number of nitrogens with zero attached hydrogens (tertiary/aromatic N) is 2. The zero-order valence-corrected chi connectivity index (χ0v) is 23.0. The fourth-order valence-electron chi connectivity index (χ4n) is 3.85. The maximum absolute atomic E-state index is 13.6. The molecule has 0 spiro atoms. The molecule has 3 aromatic carbocycles. The maximum Gasteiger partial charge on any atom is 0.311 e. The van der Waals surface area contributed by atoms with Crippen molar-refractivity contribution in [3.63, 3.8) is 0 Å². The molecule has 10 heteroatoms. The molecule has 3 aromatic rings. The van der Waals surface area contributed by atoms with E-state index in [0.29, 0.717) is 6.42 Å². The first-order valence-corrected chi connectivity index (χ1v) is 12.8. The van der Waals surface area contributed by atoms with Crippen LogP contribution >= 0.6 is 15.9 Å². The highest BCUT2D eigenvalue weighted by Gasteiger charge is 2.31. The molecule has 0 aromatic heterocycles. The Morgan fingerprint density at radius 2 is 1.71 bits per heavy atom. The lowest BCUT2D eigenvalue weighted by molar-refractivity contribution is -0.385. The van der Waals surface area contributed by atoms with E-state index in [-0.39, 0.29) is 42.3 Å². The number of hydrogen-bond acceptors (Lipinski definition) is 6. The third-order valence-electron chi connectivity index (χ3n) is 5.68. The van der Waals surface area contributed by atoms with Crippen molar-refractivity contribution < 1.29 is 24.0 Å². The molecule has 0 heterocycles. The summed E-state index contributed by atoms with van der Waals surface area (Å²) in [6.07, 6.45) is 0.313. The smallest absolute Gasteiger partial charge is 0.311 e. The molecule has 0 fully saturated rings. The van der Waals surface area contributed by atoms with E-state index in [2.05, 4.69) is 21.2 Å². The van der Waals surface area contributed by atoms with E-state index in [1.165, 1.54) is 30.2 Å². The number of nitro groups is 1. The van der Waals surface area contributed by atoms with Crippen LogP contribution in [-0.4, -0.2) is 47.4 Å². The summed E-state index contributed by atoms with van der Waals surface area (Å²) in [5, 5.41) is 14.1. The van der Waals surface area contributed by atoms with Crippen LogP contribution in [0, 0.1) is 10.1 Å². The van der Waals surface area contributed by atoms with E-state index in [0.717, 1.165) is 15.6 Å². The first-order chi connectivity index (χ1) is 18.2. The Labute approximate surface area is 230 Å². The van der Waals surface area contributed by atoms with E-state index in [9.17, 15) is 19.7 Å². The zero-order valence-electron chi connectivity index (χ0n) is 21.4. The van der Waals surface area contributed by atoms with Gasteiger partial charge in [-0.25, -0.2) is 0 Å². The van der Waals surface area contributed by atoms with Gasteiger partial charge in [0.25, 0.3) is 5.91 Å². The fraction of sp³-hybridized carbons (Fsp3) is 0.286. The van der Waals surface area contributed by atoms with Crippen LogP contribution in [-0.2, 0) is 22.6 Å². The minimum absolute atomic E-state index is 0.0185. The van der Waals surface area contributed by atoms with Crippen molar-refractivity contribution in [1.29, 1.82) is 0 Å². The second-order valence-electron chi connectivity index (χ2n) is 8.90. The highest BCUT2D eigenvalue weighted by atomic mass is 79.9. The van der Waals surface area contributed by atoms with Crippen LogP contribution in [0.3, 0.4) is 0 Å². The number of ether oxygens (including phenoxy) is 2. The Morgan fingerprint density at radius 3 is 2.32 bits per heavy atom. The van der Waals surface area contributed by atoms with Gasteiger partial charge in [-0.05, 0) is 43.2 Å². The Kier molecular flexibility index (Phi) is 10.2. The number of methoxy groups -OCH3 is 1. The number of halogens is 1. The van der Waals surface area contributed by atoms with Crippen molar-refractivity contribution in [2.75, 3.05) is 13.7 Å². The average Bonchev–Trinajstić information content (AvgIpc) is 2.90. The minimum Gasteiger partial charge on any atom is -0.490 e. The summed E-state index contributed by atoms with van der Waals surface area (Å²) in [6, 6.07) is 20.1. The number of rotatable bonds is 12. The number of nitro benzene ring substituents is 1. The second kappa shape index (κ2) is 13.6. The summed E-state index contributed by atoms with van der Waals surface area (Å²) >= 11 is 3.42. The van der Waals surface area contributed by atoms with Gasteiger partial charge in [-0.2, -0.15) is 0 Å². The number of nitrogens with one attached hydrogen (secondary N) is 1. The van der Waals surface area contributed by atoms with Gasteiger partial charge in [0.1, 0.15) is 11.8 Å². The van der Waals surface area contributed by atoms with Crippen LogP contribution in [0.5, 0.6) is 11.5 Å². The molecule has 1 N–H and O–H groups in total. The van der Waals surface area contributed by atoms with Gasteiger partial charge in [0, 0.05) is 35.6 Å². The number of hydrogen-bond donors (Lipinski definition) is 1. The van der Waals surface area contributed by atoms with Crippen molar-refractivity contribution in [1.82, 2.24) is 10.2 Å². The van der Waals surface area contributed by atoms with E-state index >= 15 is 0 Å². The highest BCUT2D eigenvalue weighted by Crippen LogP contribution is 2.31. The van der Waals surface area contributed by atoms with Gasteiger partial charge >= 0.3 is 5.69 Å². The summed E-state index contributed by atoms with van der Waals surface area (Å²) in [7, 11) is 1.32. The molecule has 3 rings (SSSR count). The van der Waals surface area contributed by atoms with Crippen LogP contribution in [0.1, 0.15) is 25.0 Å². The van der Waals surface area contributed by atoms with Crippen molar-refractivity contribution in [3.8, 4) is 11.5 Å². The van der Waals surface area contributed by atoms with Gasteiger partial charge < -0.3 is 19.7 Å². The summed E-state index contributed by atoms with van der Waals surface area (Å²) in [6.45, 7) is 3.53. The topological polar surface area (TPSA) is 111 Å². The quantitative estimate of drug-likeness (QED) is 0.239. The fourth-order valence-corrected chi connectivity index (χ4v) is 4.11. The molecule has 0 unspecified atom stereocenters. The summed E-state index contributed by atoms with van der Waals surface area (Å²) in [4.78, 5) is 39.1. The van der Waals surface area contributed by atoms with Crippen LogP contribution in [0.15, 0.2) is 77.3 Å². The lowest BCUT2D eigenvalue weighted by atomic mass is 10.0. The van der Waals surface area contributed by atoms with E-state index < -0.39 is 16.9 Å². The normalized spacial score (nSPS) is 11.5. The standard InChI is InChI=1S/C28H30BrN3O6/c1-19(2)30-28(34)25(15-20-7-5-4-6-8-20)31(17-21-9-11-22(29)12-10-21)27(33)18-38-23-13-14-24(32(35)36)26(16-23)37-3/h4-14,16,19,25H,15,17-18H2,1-3H3,(H,30,34)/t25-/m0/s1. The summed E-state index contributed by atoms with van der Waals surface area (Å²) < 4.78 is 11.7. The molecule has 200 valence electrons. The largest absolute Gasteiger partial charge is 0.490 e. The summed E-state index contributed by atoms with van der Waals surface area (Å²) in [5.74, 6) is -0.433. The van der Waals surface area contributed by atoms with Crippen LogP contribution in [0.4, 0.5) is 5.69 Å². The molecule has 0 radical (unpaired) electrons. The Morgan fingerprint density at radius 1 is 1.03 bits per heavy atom. The zero-order chi connectivity index (χ0) is 27.7. The first-order valence-electron chi connectivity index (χ1n) is 12.0. The number of carbonyl (C=O) groups excluding carboxylic acids is 2. The monoisotopic (exact) mass is 583 g/mol. The molecule has 0 saturated carbocycles. The Hall–Kier alpha value is -3.92. The number of carbonyl (C=O) groups is 2. The molecule has 0 aliphatic rings. The molecule has 38 heavy (non-hydrogen) atoms. The Balaban J connectivity index is 1.90. The lowest BCUT2D eigenvalue weighted by Crippen LogP contribution is -2.52. The van der Waals surface area contributed by atoms with Crippen molar-refractivity contribution in [3.05, 3.63) is 98.5 Å². The van der Waals surface area contributed by atoms with E-state index in [4.69, 9.17) is 9.47 Å². The van der Waals surface area contributed by atoms with Gasteiger partial charge in [-0.15, -0.1) is 0 Å².